The molecule has 15 heavy (non-hydrogen) atoms. The number of likely N-dealkylation sites (N-methyl/N-ethyl adjacent to an activating group) is 1. The molecule has 0 bridgehead atoms. The van der Waals surface area contributed by atoms with Gasteiger partial charge in [0, 0.05) is 19.6 Å². The zero-order valence-electron chi connectivity index (χ0n) is 9.70. The van der Waals surface area contributed by atoms with Crippen LogP contribution < -0.4 is 5.32 Å². The number of sulfonamides is 1. The third-order valence-corrected chi connectivity index (χ3v) is 4.85. The van der Waals surface area contributed by atoms with E-state index in [-0.39, 0.29) is 5.75 Å². The summed E-state index contributed by atoms with van der Waals surface area (Å²) < 4.78 is 24.9. The van der Waals surface area contributed by atoms with E-state index in [1.165, 1.54) is 17.1 Å². The summed E-state index contributed by atoms with van der Waals surface area (Å²) in [5.74, 6) is 0.260. The molecular weight excluding hydrogens is 212 g/mol. The van der Waals surface area contributed by atoms with E-state index >= 15 is 0 Å². The molecule has 0 aromatic rings. The number of nitrogens with zero attached hydrogens (tertiary/aromatic N) is 1. The van der Waals surface area contributed by atoms with Crippen LogP contribution in [0.3, 0.4) is 0 Å². The Bertz CT molecular complexity index is 271. The molecule has 1 unspecified atom stereocenters. The minimum atomic E-state index is -3.02. The lowest BCUT2D eigenvalue weighted by atomic mass is 10.1. The maximum absolute atomic E-state index is 11.7. The SMILES string of the molecule is CCCS(=O)(=O)N(C)CC1CCCCN1. The largest absolute Gasteiger partial charge is 0.313 e. The van der Waals surface area contributed by atoms with Crippen LogP contribution in [-0.4, -0.2) is 44.7 Å². The molecule has 90 valence electrons. The molecule has 0 amide bonds. The third kappa shape index (κ3) is 4.09. The van der Waals surface area contributed by atoms with Crippen LogP contribution in [0.25, 0.3) is 0 Å². The first-order valence-corrected chi connectivity index (χ1v) is 7.34. The number of hydrogen-bond donors (Lipinski definition) is 1. The van der Waals surface area contributed by atoms with Gasteiger partial charge >= 0.3 is 0 Å². The van der Waals surface area contributed by atoms with Gasteiger partial charge in [-0.2, -0.15) is 0 Å². The molecule has 0 aromatic carbocycles. The summed E-state index contributed by atoms with van der Waals surface area (Å²) in [6, 6.07) is 0.343. The normalized spacial score (nSPS) is 23.3. The van der Waals surface area contributed by atoms with E-state index in [2.05, 4.69) is 5.32 Å². The molecule has 4 nitrogen and oxygen atoms in total. The van der Waals surface area contributed by atoms with Gasteiger partial charge in [-0.15, -0.1) is 0 Å². The molecular formula is C10H22N2O2S. The quantitative estimate of drug-likeness (QED) is 0.765. The Kier molecular flexibility index (Phi) is 5.02. The van der Waals surface area contributed by atoms with Gasteiger partial charge < -0.3 is 5.32 Å². The van der Waals surface area contributed by atoms with Crippen molar-refractivity contribution in [2.45, 2.75) is 38.6 Å². The monoisotopic (exact) mass is 234 g/mol. The summed E-state index contributed by atoms with van der Waals surface area (Å²) in [5, 5.41) is 3.36. The van der Waals surface area contributed by atoms with E-state index < -0.39 is 10.0 Å². The van der Waals surface area contributed by atoms with Gasteiger partial charge in [-0.05, 0) is 25.8 Å². The van der Waals surface area contributed by atoms with Crippen molar-refractivity contribution >= 4 is 10.0 Å². The average Bonchev–Trinajstić information content (AvgIpc) is 2.19. The van der Waals surface area contributed by atoms with Crippen molar-refractivity contribution in [1.29, 1.82) is 0 Å². The second-order valence-electron chi connectivity index (χ2n) is 4.24. The van der Waals surface area contributed by atoms with E-state index in [1.807, 2.05) is 6.92 Å². The Morgan fingerprint density at radius 1 is 1.40 bits per heavy atom. The molecule has 1 aliphatic heterocycles. The lowest BCUT2D eigenvalue weighted by Crippen LogP contribution is -2.44. The molecule has 0 aromatic heterocycles. The van der Waals surface area contributed by atoms with Crippen molar-refractivity contribution in [3.05, 3.63) is 0 Å². The summed E-state index contributed by atoms with van der Waals surface area (Å²) in [7, 11) is -1.33. The number of nitrogens with one attached hydrogen (secondary N) is 1. The van der Waals surface area contributed by atoms with Gasteiger partial charge in [-0.1, -0.05) is 13.3 Å². The van der Waals surface area contributed by atoms with Gasteiger partial charge in [-0.25, -0.2) is 12.7 Å². The highest BCUT2D eigenvalue weighted by atomic mass is 32.2. The second-order valence-corrected chi connectivity index (χ2v) is 6.44. The van der Waals surface area contributed by atoms with Crippen LogP contribution in [0.5, 0.6) is 0 Å². The van der Waals surface area contributed by atoms with Crippen molar-refractivity contribution in [2.75, 3.05) is 25.9 Å². The molecule has 0 aliphatic carbocycles. The van der Waals surface area contributed by atoms with E-state index in [1.54, 1.807) is 7.05 Å². The molecule has 5 heteroatoms. The summed E-state index contributed by atoms with van der Waals surface area (Å²) >= 11 is 0. The van der Waals surface area contributed by atoms with Gasteiger partial charge in [0.2, 0.25) is 10.0 Å². The number of hydrogen-bond acceptors (Lipinski definition) is 3. The van der Waals surface area contributed by atoms with Gasteiger partial charge in [0.15, 0.2) is 0 Å². The fraction of sp³-hybridized carbons (Fsp3) is 1.00. The highest BCUT2D eigenvalue weighted by molar-refractivity contribution is 7.89. The Hall–Kier alpha value is -0.130. The molecule has 1 rings (SSSR count). The van der Waals surface area contributed by atoms with Crippen LogP contribution in [0.15, 0.2) is 0 Å². The number of piperidine rings is 1. The van der Waals surface area contributed by atoms with E-state index in [0.717, 1.165) is 13.0 Å². The van der Waals surface area contributed by atoms with Crippen molar-refractivity contribution in [2.24, 2.45) is 0 Å². The van der Waals surface area contributed by atoms with Crippen molar-refractivity contribution < 1.29 is 8.42 Å². The zero-order valence-corrected chi connectivity index (χ0v) is 10.5. The molecule has 0 radical (unpaired) electrons. The van der Waals surface area contributed by atoms with Crippen LogP contribution in [0.1, 0.15) is 32.6 Å². The van der Waals surface area contributed by atoms with Gasteiger partial charge in [-0.3, -0.25) is 0 Å². The minimum absolute atomic E-state index is 0.260. The van der Waals surface area contributed by atoms with Crippen LogP contribution in [-0.2, 0) is 10.0 Å². The van der Waals surface area contributed by atoms with Gasteiger partial charge in [0.05, 0.1) is 5.75 Å². The minimum Gasteiger partial charge on any atom is -0.313 e. The smallest absolute Gasteiger partial charge is 0.213 e. The van der Waals surface area contributed by atoms with Crippen LogP contribution >= 0.6 is 0 Å². The maximum Gasteiger partial charge on any atom is 0.213 e. The first-order valence-electron chi connectivity index (χ1n) is 5.73. The van der Waals surface area contributed by atoms with Crippen molar-refractivity contribution in [3.8, 4) is 0 Å². The van der Waals surface area contributed by atoms with E-state index in [0.29, 0.717) is 19.0 Å². The molecule has 0 spiro atoms. The summed E-state index contributed by atoms with van der Waals surface area (Å²) in [6.07, 6.45) is 4.19. The number of rotatable bonds is 5. The Morgan fingerprint density at radius 3 is 2.67 bits per heavy atom. The molecule has 1 aliphatic rings. The predicted molar refractivity (Wildman–Crippen MR) is 62.3 cm³/mol. The molecule has 1 heterocycles. The maximum atomic E-state index is 11.7. The molecule has 1 saturated heterocycles. The van der Waals surface area contributed by atoms with Crippen LogP contribution in [0.4, 0.5) is 0 Å². The van der Waals surface area contributed by atoms with E-state index in [4.69, 9.17) is 0 Å². The van der Waals surface area contributed by atoms with E-state index in [9.17, 15) is 8.42 Å². The zero-order chi connectivity index (χ0) is 11.3. The molecule has 0 saturated carbocycles. The summed E-state index contributed by atoms with van der Waals surface area (Å²) in [6.45, 7) is 3.53. The standard InChI is InChI=1S/C10H22N2O2S/c1-3-8-15(13,14)12(2)9-10-6-4-5-7-11-10/h10-11H,3-9H2,1-2H3. The first-order chi connectivity index (χ1) is 7.06. The first kappa shape index (κ1) is 12.9. The fourth-order valence-corrected chi connectivity index (χ4v) is 3.15. The highest BCUT2D eigenvalue weighted by Gasteiger charge is 2.21. The molecule has 1 atom stereocenters. The Labute approximate surface area is 93.1 Å². The van der Waals surface area contributed by atoms with Crippen molar-refractivity contribution in [1.82, 2.24) is 9.62 Å². The topological polar surface area (TPSA) is 49.4 Å². The lowest BCUT2D eigenvalue weighted by molar-refractivity contribution is 0.337. The lowest BCUT2D eigenvalue weighted by Gasteiger charge is -2.27. The molecule has 1 N–H and O–H groups in total. The van der Waals surface area contributed by atoms with Crippen molar-refractivity contribution in [3.63, 3.8) is 0 Å². The summed E-state index contributed by atoms with van der Waals surface area (Å²) in [5.41, 5.74) is 0. The second kappa shape index (κ2) is 5.82. The van der Waals surface area contributed by atoms with Crippen LogP contribution in [0, 0.1) is 0 Å². The van der Waals surface area contributed by atoms with Gasteiger partial charge in [0.25, 0.3) is 0 Å². The summed E-state index contributed by atoms with van der Waals surface area (Å²) in [4.78, 5) is 0. The Balaban J connectivity index is 2.43. The average molecular weight is 234 g/mol. The predicted octanol–water partition coefficient (Wildman–Crippen LogP) is 0.800. The third-order valence-electron chi connectivity index (χ3n) is 2.83. The van der Waals surface area contributed by atoms with Gasteiger partial charge in [0.1, 0.15) is 0 Å². The highest BCUT2D eigenvalue weighted by Crippen LogP contribution is 2.10. The molecule has 1 fully saturated rings. The Morgan fingerprint density at radius 2 is 2.13 bits per heavy atom. The fourth-order valence-electron chi connectivity index (χ4n) is 1.92. The van der Waals surface area contributed by atoms with Crippen LogP contribution in [0.2, 0.25) is 0 Å².